The lowest BCUT2D eigenvalue weighted by Crippen LogP contribution is -2.41. The minimum absolute atomic E-state index is 0.00974. The smallest absolute Gasteiger partial charge is 0.410 e. The molecule has 5 aliphatic heterocycles. The molecule has 5 amide bonds. The molecule has 0 spiro atoms. The van der Waals surface area contributed by atoms with Gasteiger partial charge in [0, 0.05) is 159 Å². The summed E-state index contributed by atoms with van der Waals surface area (Å²) in [4.78, 5) is 99.2. The molecule has 15 aromatic rings. The first kappa shape index (κ1) is 96.1. The zero-order valence-corrected chi connectivity index (χ0v) is 79.8. The SMILES string of the molecule is CC(C)OC(=O)N1CCc2c([nH]c3ccc(Cl)cc23)C1c1cccc(F)c1.CCOC(=O)N1CCc2c([nH]c3ccc(Cl)cc23)C1c1ccc(C)cc1.COC(=O)N1CCc2c([nH]c3ccc(Cl)cc23)C1c1cc(F)cc(F)c1.COc1cccc(C2c3[nH]c4ccc(Cl)cc4c3CCN2C(=O)OC(C)C)c1.O=C(OCCCl)N1CCc2c([nH]c3ccc(Cl)cc23)C1c1ccc([N+](=O)[O-])cc1. The minimum Gasteiger partial charge on any atom is -0.497 e. The Kier molecular flexibility index (Phi) is 29.5. The molecule has 5 N–H and O–H groups in total. The Balaban J connectivity index is 0.000000123. The number of carbonyl (C=O) groups excluding carboxylic acids is 5. The van der Waals surface area contributed by atoms with Crippen LogP contribution in [0.15, 0.2) is 206 Å². The summed E-state index contributed by atoms with van der Waals surface area (Å²) in [5, 5.41) is 19.6. The van der Waals surface area contributed by atoms with E-state index in [1.165, 1.54) is 65.1 Å². The predicted octanol–water partition coefficient (Wildman–Crippen LogP) is 25.9. The third-order valence-electron chi connectivity index (χ3n) is 24.6. The van der Waals surface area contributed by atoms with Crippen LogP contribution in [0.2, 0.25) is 25.1 Å². The van der Waals surface area contributed by atoms with Crippen molar-refractivity contribution in [2.45, 2.75) is 116 Å². The number of aromatic nitrogens is 5. The quantitative estimate of drug-likeness (QED) is 0.0330. The molecule has 0 radical (unpaired) electrons. The molecule has 0 bridgehead atoms. The van der Waals surface area contributed by atoms with Gasteiger partial charge in [-0.3, -0.25) is 34.6 Å². The molecular formula is C103H96Cl6F3N11O13. The van der Waals surface area contributed by atoms with Gasteiger partial charge in [0.2, 0.25) is 0 Å². The maximum atomic E-state index is 13.9. The molecule has 24 nitrogen and oxygen atoms in total. The highest BCUT2D eigenvalue weighted by Crippen LogP contribution is 2.47. The molecule has 5 aromatic heterocycles. The molecule has 0 saturated carbocycles. The number of nitrogens with zero attached hydrogens (tertiary/aromatic N) is 6. The van der Waals surface area contributed by atoms with Gasteiger partial charge in [0.05, 0.1) is 43.8 Å². The normalized spacial score (nSPS) is 16.4. The highest BCUT2D eigenvalue weighted by Gasteiger charge is 2.42. The average Bonchev–Trinajstić information content (AvgIpc) is 1.65. The second kappa shape index (κ2) is 41.7. The number of nitro groups is 1. The summed E-state index contributed by atoms with van der Waals surface area (Å²) in [6.45, 7) is 14.2. The van der Waals surface area contributed by atoms with Crippen molar-refractivity contribution in [3.05, 3.63) is 349 Å². The average molecular weight is 1970 g/mol. The fourth-order valence-electron chi connectivity index (χ4n) is 18.8. The lowest BCUT2D eigenvalue weighted by molar-refractivity contribution is -0.384. The molecule has 0 saturated heterocycles. The van der Waals surface area contributed by atoms with E-state index in [0.717, 1.165) is 140 Å². The number of nitrogens with one attached hydrogen (secondary N) is 5. The minimum atomic E-state index is -0.698. The standard InChI is InChI=1S/C22H23ClN2O3.C21H20ClFN2O2.C21H21ClN2O2.C20H17Cl2N3O4.C19H15ClF2N2O2/c1-13(2)28-22(26)25-10-9-17-18-12-15(23)7-8-19(18)24-20(17)21(25)14-5-4-6-16(11-14)27-3;1-12(2)27-21(26)25-9-8-16-17-11-14(22)6-7-18(17)24-19(16)20(25)13-4-3-5-15(23)10-13;1-3-26-21(25)24-11-10-16-17-12-15(22)8-9-18(17)23-19(16)20(24)14-6-4-13(2)5-7-14;21-8-10-29-20(26)24-9-7-15-16-11-13(22)3-6-17(16)23-18(15)19(24)12-1-4-14(5-2-12)25(27)28;1-26-19(25)24-5-4-14-15-8-11(20)2-3-16(15)23-17(14)18(24)10-6-12(21)9-13(22)7-10/h4-8,11-13,21,24H,9-10H2,1-3H3;3-7,10-12,20,24H,8-9H2,1-2H3;4-9,12,20,23H,3,10-11H2,1-2H3;1-6,11,19,23H,7-10H2;2-3,6-9,18,23H,4-5H2,1H3. The summed E-state index contributed by atoms with van der Waals surface area (Å²) in [5.74, 6) is -0.776. The maximum absolute atomic E-state index is 13.9. The van der Waals surface area contributed by atoms with Crippen molar-refractivity contribution in [2.75, 3.05) is 66.0 Å². The van der Waals surface area contributed by atoms with Crippen LogP contribution < -0.4 is 4.74 Å². The monoisotopic (exact) mass is 1960 g/mol. The number of methoxy groups -OCH3 is 2. The van der Waals surface area contributed by atoms with Crippen molar-refractivity contribution in [3.63, 3.8) is 0 Å². The molecule has 10 heterocycles. The van der Waals surface area contributed by atoms with Gasteiger partial charge in [0.1, 0.15) is 60.0 Å². The van der Waals surface area contributed by atoms with Gasteiger partial charge in [-0.05, 0) is 269 Å². The van der Waals surface area contributed by atoms with Crippen LogP contribution in [-0.2, 0) is 55.8 Å². The number of halogens is 9. The largest absolute Gasteiger partial charge is 0.497 e. The summed E-state index contributed by atoms with van der Waals surface area (Å²) < 4.78 is 73.4. The summed E-state index contributed by atoms with van der Waals surface area (Å²) in [7, 11) is 2.92. The van der Waals surface area contributed by atoms with Gasteiger partial charge in [-0.25, -0.2) is 37.1 Å². The first-order valence-corrected chi connectivity index (χ1v) is 46.8. The number of non-ortho nitro benzene ring substituents is 1. The number of ether oxygens (including phenoxy) is 6. The van der Waals surface area contributed by atoms with E-state index in [1.807, 2.05) is 149 Å². The van der Waals surface area contributed by atoms with Crippen LogP contribution in [0.5, 0.6) is 5.75 Å². The number of aryl methyl sites for hydroxylation is 1. The zero-order chi connectivity index (χ0) is 96.2. The topological polar surface area (TPSA) is 279 Å². The maximum Gasteiger partial charge on any atom is 0.410 e. The highest BCUT2D eigenvalue weighted by atomic mass is 35.5. The van der Waals surface area contributed by atoms with Crippen LogP contribution in [0.25, 0.3) is 54.5 Å². The summed E-state index contributed by atoms with van der Waals surface area (Å²) >= 11 is 36.6. The molecule has 704 valence electrons. The Hall–Kier alpha value is -13.0. The number of amides is 5. The van der Waals surface area contributed by atoms with Crippen molar-refractivity contribution in [1.82, 2.24) is 49.4 Å². The summed E-state index contributed by atoms with van der Waals surface area (Å²) in [6.07, 6.45) is 0.976. The molecule has 136 heavy (non-hydrogen) atoms. The summed E-state index contributed by atoms with van der Waals surface area (Å²) in [6, 6.07) is 58.4. The van der Waals surface area contributed by atoms with Crippen molar-refractivity contribution < 1.29 is 70.5 Å². The molecule has 5 unspecified atom stereocenters. The van der Waals surface area contributed by atoms with Gasteiger partial charge in [-0.1, -0.05) is 112 Å². The van der Waals surface area contributed by atoms with Gasteiger partial charge in [-0.2, -0.15) is 0 Å². The third-order valence-corrected chi connectivity index (χ3v) is 26.0. The number of alkyl halides is 1. The summed E-state index contributed by atoms with van der Waals surface area (Å²) in [5.41, 5.74) is 19.9. The molecule has 5 aliphatic rings. The number of fused-ring (bicyclic) bond motifs is 15. The Morgan fingerprint density at radius 2 is 0.721 bits per heavy atom. The van der Waals surface area contributed by atoms with E-state index in [0.29, 0.717) is 95.5 Å². The lowest BCUT2D eigenvalue weighted by Gasteiger charge is -2.36. The molecule has 20 rings (SSSR count). The number of aromatic amines is 5. The van der Waals surface area contributed by atoms with Gasteiger partial charge in [0.15, 0.2) is 0 Å². The van der Waals surface area contributed by atoms with E-state index in [1.54, 1.807) is 52.1 Å². The van der Waals surface area contributed by atoms with Gasteiger partial charge < -0.3 is 53.3 Å². The van der Waals surface area contributed by atoms with E-state index in [-0.39, 0.29) is 60.5 Å². The molecule has 5 atom stereocenters. The third kappa shape index (κ3) is 20.4. The fourth-order valence-corrected chi connectivity index (χ4v) is 19.8. The Morgan fingerprint density at radius 1 is 0.397 bits per heavy atom. The van der Waals surface area contributed by atoms with Gasteiger partial charge >= 0.3 is 30.5 Å². The number of benzene rings is 10. The van der Waals surface area contributed by atoms with Crippen molar-refractivity contribution in [1.29, 1.82) is 0 Å². The molecule has 10 aromatic carbocycles. The first-order valence-electron chi connectivity index (χ1n) is 44.3. The van der Waals surface area contributed by atoms with Crippen LogP contribution in [0.4, 0.5) is 42.8 Å². The number of H-pyrrole nitrogens is 5. The van der Waals surface area contributed by atoms with E-state index in [9.17, 15) is 47.3 Å². The molecule has 0 aliphatic carbocycles. The van der Waals surface area contributed by atoms with Crippen LogP contribution >= 0.6 is 69.6 Å². The highest BCUT2D eigenvalue weighted by molar-refractivity contribution is 6.33. The van der Waals surface area contributed by atoms with Crippen LogP contribution in [0.3, 0.4) is 0 Å². The van der Waals surface area contributed by atoms with Crippen LogP contribution in [-0.4, -0.2) is 163 Å². The molecule has 33 heteroatoms. The van der Waals surface area contributed by atoms with Crippen molar-refractivity contribution in [2.24, 2.45) is 0 Å². The van der Waals surface area contributed by atoms with E-state index < -0.39 is 53.0 Å². The van der Waals surface area contributed by atoms with Gasteiger partial charge in [-0.15, -0.1) is 11.6 Å². The van der Waals surface area contributed by atoms with Crippen molar-refractivity contribution in [3.8, 4) is 5.75 Å². The fraction of sp³-hybridized carbons (Fsp3) is 0.272. The number of rotatable bonds is 12. The Labute approximate surface area is 811 Å². The van der Waals surface area contributed by atoms with E-state index >= 15 is 0 Å². The molecular weight excluding hydrogens is 1870 g/mol. The number of nitro benzene ring substituents is 1. The Morgan fingerprint density at radius 3 is 1.06 bits per heavy atom. The zero-order valence-electron chi connectivity index (χ0n) is 75.3. The first-order chi connectivity index (χ1) is 65.5. The predicted molar refractivity (Wildman–Crippen MR) is 523 cm³/mol. The van der Waals surface area contributed by atoms with E-state index in [2.05, 4.69) is 56.1 Å². The lowest BCUT2D eigenvalue weighted by atomic mass is 9.92. The van der Waals surface area contributed by atoms with Gasteiger partial charge in [0.25, 0.3) is 5.69 Å². The van der Waals surface area contributed by atoms with Crippen LogP contribution in [0.1, 0.15) is 154 Å². The number of carbonyl (C=O) groups is 5. The molecule has 0 fully saturated rings. The number of hydrogen-bond acceptors (Lipinski definition) is 13. The second-order valence-corrected chi connectivity index (χ2v) is 36.5. The second-order valence-electron chi connectivity index (χ2n) is 33.9. The van der Waals surface area contributed by atoms with E-state index in [4.69, 9.17) is 98.0 Å². The van der Waals surface area contributed by atoms with Crippen molar-refractivity contribution >= 4 is 160 Å². The Bertz CT molecular complexity index is 7010. The number of hydrogen-bond donors (Lipinski definition) is 5. The van der Waals surface area contributed by atoms with Crippen LogP contribution in [0, 0.1) is 34.5 Å².